The third-order valence-electron chi connectivity index (χ3n) is 5.05. The number of nitrogens with one attached hydrogen (secondary N) is 1. The van der Waals surface area contributed by atoms with Gasteiger partial charge >= 0.3 is 0 Å². The number of nitrogens with zero attached hydrogens (tertiary/aromatic N) is 1. The molecule has 2 aromatic carbocycles. The summed E-state index contributed by atoms with van der Waals surface area (Å²) in [5.74, 6) is -0.336. The Balaban J connectivity index is 1.77. The van der Waals surface area contributed by atoms with Crippen LogP contribution < -0.4 is 10.7 Å². The van der Waals surface area contributed by atoms with Gasteiger partial charge in [-0.2, -0.15) is 0 Å². The van der Waals surface area contributed by atoms with Gasteiger partial charge in [0.05, 0.1) is 11.6 Å². The standard InChI is InChI=1S/C21H19BrN2O2/c1-12-8-15-9-16(22)10-17-19(15)24(12)11-18(20(17)25)21(26)23-13(2)14-6-4-3-5-7-14/h3-7,9-13H,8H2,1-2H3,(H,23,26). The molecule has 4 nitrogen and oxygen atoms in total. The summed E-state index contributed by atoms with van der Waals surface area (Å²) in [4.78, 5) is 25.8. The molecule has 1 N–H and O–H groups in total. The van der Waals surface area contributed by atoms with Crippen LogP contribution in [0.5, 0.6) is 0 Å². The van der Waals surface area contributed by atoms with E-state index in [-0.39, 0.29) is 29.0 Å². The van der Waals surface area contributed by atoms with Crippen LogP contribution in [0.25, 0.3) is 10.9 Å². The molecule has 1 aliphatic heterocycles. The lowest BCUT2D eigenvalue weighted by atomic mass is 10.1. The van der Waals surface area contributed by atoms with Crippen molar-refractivity contribution in [2.75, 3.05) is 0 Å². The SMILES string of the molecule is CC(NC(=O)c1cn2c3c(cc(Br)cc3c1=O)CC2C)c1ccccc1. The molecule has 4 rings (SSSR count). The second-order valence-electron chi connectivity index (χ2n) is 6.90. The Kier molecular flexibility index (Phi) is 4.19. The van der Waals surface area contributed by atoms with Crippen molar-refractivity contribution in [2.24, 2.45) is 0 Å². The molecule has 3 aromatic rings. The average Bonchev–Trinajstić information content (AvgIpc) is 2.93. The summed E-state index contributed by atoms with van der Waals surface area (Å²) in [6.45, 7) is 4.02. The van der Waals surface area contributed by atoms with Crippen molar-refractivity contribution in [3.05, 3.63) is 80.0 Å². The van der Waals surface area contributed by atoms with E-state index in [1.54, 1.807) is 6.20 Å². The van der Waals surface area contributed by atoms with E-state index < -0.39 is 0 Å². The van der Waals surface area contributed by atoms with E-state index in [0.717, 1.165) is 27.5 Å². The maximum absolute atomic E-state index is 13.0. The number of amides is 1. The lowest BCUT2D eigenvalue weighted by Gasteiger charge is -2.16. The fourth-order valence-corrected chi connectivity index (χ4v) is 4.23. The van der Waals surface area contributed by atoms with Gasteiger partial charge in [0.15, 0.2) is 0 Å². The van der Waals surface area contributed by atoms with Gasteiger partial charge in [-0.15, -0.1) is 0 Å². The zero-order valence-corrected chi connectivity index (χ0v) is 16.2. The summed E-state index contributed by atoms with van der Waals surface area (Å²) < 4.78 is 2.92. The molecule has 0 saturated heterocycles. The zero-order chi connectivity index (χ0) is 18.4. The van der Waals surface area contributed by atoms with Crippen LogP contribution in [0.2, 0.25) is 0 Å². The van der Waals surface area contributed by atoms with Crippen LogP contribution in [0.15, 0.2) is 57.9 Å². The summed E-state index contributed by atoms with van der Waals surface area (Å²) in [5.41, 5.74) is 3.07. The Morgan fingerprint density at radius 2 is 2.00 bits per heavy atom. The molecule has 1 aromatic heterocycles. The predicted octanol–water partition coefficient (Wildman–Crippen LogP) is 4.37. The maximum atomic E-state index is 13.0. The first-order valence-corrected chi connectivity index (χ1v) is 9.48. The summed E-state index contributed by atoms with van der Waals surface area (Å²) in [5, 5.41) is 3.55. The molecule has 0 fully saturated rings. The Bertz CT molecular complexity index is 1070. The smallest absolute Gasteiger partial charge is 0.257 e. The van der Waals surface area contributed by atoms with Gasteiger partial charge in [-0.05, 0) is 43.5 Å². The van der Waals surface area contributed by atoms with Crippen LogP contribution in [0.3, 0.4) is 0 Å². The van der Waals surface area contributed by atoms with E-state index in [2.05, 4.69) is 38.8 Å². The van der Waals surface area contributed by atoms with Crippen molar-refractivity contribution >= 4 is 32.7 Å². The van der Waals surface area contributed by atoms with Gasteiger partial charge in [-0.3, -0.25) is 9.59 Å². The third-order valence-corrected chi connectivity index (χ3v) is 5.51. The number of carbonyl (C=O) groups excluding carboxylic acids is 1. The van der Waals surface area contributed by atoms with Gasteiger partial charge in [0, 0.05) is 22.1 Å². The molecule has 0 saturated carbocycles. The summed E-state index contributed by atoms with van der Waals surface area (Å²) in [7, 11) is 0. The highest BCUT2D eigenvalue weighted by molar-refractivity contribution is 9.10. The summed E-state index contributed by atoms with van der Waals surface area (Å²) in [6.07, 6.45) is 2.58. The first-order chi connectivity index (χ1) is 12.5. The van der Waals surface area contributed by atoms with E-state index in [9.17, 15) is 9.59 Å². The lowest BCUT2D eigenvalue weighted by Crippen LogP contribution is -2.31. The van der Waals surface area contributed by atoms with Gasteiger partial charge in [-0.1, -0.05) is 46.3 Å². The minimum atomic E-state index is -0.336. The molecule has 2 unspecified atom stereocenters. The monoisotopic (exact) mass is 410 g/mol. The maximum Gasteiger partial charge on any atom is 0.257 e. The fraction of sp³-hybridized carbons (Fsp3) is 0.238. The van der Waals surface area contributed by atoms with Crippen LogP contribution in [0.4, 0.5) is 0 Å². The lowest BCUT2D eigenvalue weighted by molar-refractivity contribution is 0.0938. The number of rotatable bonds is 3. The van der Waals surface area contributed by atoms with Crippen molar-refractivity contribution in [2.45, 2.75) is 32.4 Å². The van der Waals surface area contributed by atoms with E-state index in [0.29, 0.717) is 5.39 Å². The normalized spacial score (nSPS) is 16.7. The zero-order valence-electron chi connectivity index (χ0n) is 14.6. The van der Waals surface area contributed by atoms with Crippen LogP contribution in [0.1, 0.15) is 47.4 Å². The number of carbonyl (C=O) groups is 1. The van der Waals surface area contributed by atoms with Gasteiger partial charge < -0.3 is 9.88 Å². The van der Waals surface area contributed by atoms with Crippen LogP contribution >= 0.6 is 15.9 Å². The number of hydrogen-bond donors (Lipinski definition) is 1. The molecule has 1 amide bonds. The first kappa shape index (κ1) is 17.0. The van der Waals surface area contributed by atoms with Gasteiger partial charge in [0.2, 0.25) is 5.43 Å². The number of aromatic nitrogens is 1. The van der Waals surface area contributed by atoms with E-state index >= 15 is 0 Å². The minimum absolute atomic E-state index is 0.173. The van der Waals surface area contributed by atoms with Crippen molar-refractivity contribution in [3.63, 3.8) is 0 Å². The molecule has 26 heavy (non-hydrogen) atoms. The Hall–Kier alpha value is -2.40. The number of hydrogen-bond acceptors (Lipinski definition) is 2. The topological polar surface area (TPSA) is 51.1 Å². The third kappa shape index (κ3) is 2.76. The van der Waals surface area contributed by atoms with Gasteiger partial charge in [0.25, 0.3) is 5.91 Å². The van der Waals surface area contributed by atoms with E-state index in [1.807, 2.05) is 43.3 Å². The van der Waals surface area contributed by atoms with Crippen LogP contribution in [-0.2, 0) is 6.42 Å². The second kappa shape index (κ2) is 6.40. The molecule has 132 valence electrons. The Labute approximate surface area is 160 Å². The molecule has 1 aliphatic rings. The molecular formula is C21H19BrN2O2. The highest BCUT2D eigenvalue weighted by Gasteiger charge is 2.25. The van der Waals surface area contributed by atoms with Crippen molar-refractivity contribution in [3.8, 4) is 0 Å². The molecular weight excluding hydrogens is 392 g/mol. The number of benzene rings is 2. The van der Waals surface area contributed by atoms with Crippen molar-refractivity contribution < 1.29 is 4.79 Å². The predicted molar refractivity (Wildman–Crippen MR) is 107 cm³/mol. The number of pyridine rings is 1. The minimum Gasteiger partial charge on any atom is -0.345 e. The molecule has 0 radical (unpaired) electrons. The molecule has 0 bridgehead atoms. The van der Waals surface area contributed by atoms with Gasteiger partial charge in [-0.25, -0.2) is 0 Å². The van der Waals surface area contributed by atoms with E-state index in [1.165, 1.54) is 0 Å². The van der Waals surface area contributed by atoms with Crippen molar-refractivity contribution in [1.29, 1.82) is 0 Å². The molecule has 2 heterocycles. The van der Waals surface area contributed by atoms with Gasteiger partial charge in [0.1, 0.15) is 5.56 Å². The highest BCUT2D eigenvalue weighted by atomic mass is 79.9. The summed E-state index contributed by atoms with van der Waals surface area (Å²) in [6, 6.07) is 13.6. The largest absolute Gasteiger partial charge is 0.345 e. The molecule has 5 heteroatoms. The molecule has 2 atom stereocenters. The number of halogens is 1. The quantitative estimate of drug-likeness (QED) is 0.696. The Morgan fingerprint density at radius 1 is 1.27 bits per heavy atom. The van der Waals surface area contributed by atoms with E-state index in [4.69, 9.17) is 0 Å². The van der Waals surface area contributed by atoms with Crippen LogP contribution in [0, 0.1) is 0 Å². The first-order valence-electron chi connectivity index (χ1n) is 8.69. The van der Waals surface area contributed by atoms with Crippen molar-refractivity contribution in [1.82, 2.24) is 9.88 Å². The van der Waals surface area contributed by atoms with Crippen LogP contribution in [-0.4, -0.2) is 10.5 Å². The average molecular weight is 411 g/mol. The second-order valence-corrected chi connectivity index (χ2v) is 7.81. The molecule has 0 spiro atoms. The highest BCUT2D eigenvalue weighted by Crippen LogP contribution is 2.33. The fourth-order valence-electron chi connectivity index (χ4n) is 3.72. The Morgan fingerprint density at radius 3 is 2.73 bits per heavy atom. The summed E-state index contributed by atoms with van der Waals surface area (Å²) >= 11 is 3.49. The molecule has 0 aliphatic carbocycles.